The van der Waals surface area contributed by atoms with Gasteiger partial charge in [-0.3, -0.25) is 0 Å². The molecule has 0 aliphatic carbocycles. The van der Waals surface area contributed by atoms with Gasteiger partial charge in [-0.1, -0.05) is 72.8 Å². The molecule has 0 aliphatic rings. The highest BCUT2D eigenvalue weighted by Crippen LogP contribution is 2.12. The minimum absolute atomic E-state index is 0.196. The predicted molar refractivity (Wildman–Crippen MR) is 99.1 cm³/mol. The van der Waals surface area contributed by atoms with Crippen molar-refractivity contribution in [2.75, 3.05) is 0 Å². The van der Waals surface area contributed by atoms with Gasteiger partial charge in [0.25, 0.3) is 0 Å². The summed E-state index contributed by atoms with van der Waals surface area (Å²) in [5.41, 5.74) is 2.68. The lowest BCUT2D eigenvalue weighted by atomic mass is 9.98. The van der Waals surface area contributed by atoms with E-state index in [0.717, 1.165) is 17.5 Å². The van der Waals surface area contributed by atoms with Crippen molar-refractivity contribution in [2.45, 2.75) is 38.5 Å². The fraction of sp³-hybridized carbons (Fsp3) is 0.286. The van der Waals surface area contributed by atoms with Crippen LogP contribution in [0.5, 0.6) is 0 Å². The van der Waals surface area contributed by atoms with E-state index in [9.17, 15) is 9.90 Å². The highest BCUT2D eigenvalue weighted by atomic mass is 16.5. The summed E-state index contributed by atoms with van der Waals surface area (Å²) in [6, 6.07) is 19.0. The van der Waals surface area contributed by atoms with Gasteiger partial charge in [-0.25, -0.2) is 4.79 Å². The van der Waals surface area contributed by atoms with Crippen molar-refractivity contribution in [3.8, 4) is 0 Å². The number of aryl methyl sites for hydroxylation is 1. The normalized spacial score (nSPS) is 12.9. The third-order valence-electron chi connectivity index (χ3n) is 3.99. The van der Waals surface area contributed by atoms with Crippen LogP contribution in [0.15, 0.2) is 72.8 Å². The van der Waals surface area contributed by atoms with E-state index in [1.807, 2.05) is 60.7 Å². The number of alkyl carbamates (subject to hydrolysis) is 1. The van der Waals surface area contributed by atoms with Crippen LogP contribution in [-0.4, -0.2) is 23.3 Å². The summed E-state index contributed by atoms with van der Waals surface area (Å²) in [6.07, 6.45) is -0.0111. The van der Waals surface area contributed by atoms with Crippen LogP contribution in [0, 0.1) is 0 Å². The molecule has 0 fully saturated rings. The monoisotopic (exact) mass is 339 g/mol. The van der Waals surface area contributed by atoms with Crippen molar-refractivity contribution < 1.29 is 14.6 Å². The lowest BCUT2D eigenvalue weighted by Crippen LogP contribution is -2.44. The zero-order valence-corrected chi connectivity index (χ0v) is 14.5. The Kier molecular flexibility index (Phi) is 7.23. The van der Waals surface area contributed by atoms with Gasteiger partial charge in [0.15, 0.2) is 0 Å². The SMILES string of the molecule is C=C(C)[C@@H](O)C(CCc1ccccc1)NC(=O)OCc1ccccc1. The van der Waals surface area contributed by atoms with Crippen molar-refractivity contribution in [1.82, 2.24) is 5.32 Å². The number of amides is 1. The number of aliphatic hydroxyl groups is 1. The van der Waals surface area contributed by atoms with E-state index in [-0.39, 0.29) is 6.61 Å². The number of nitrogens with one attached hydrogen (secondary N) is 1. The van der Waals surface area contributed by atoms with Crippen molar-refractivity contribution in [2.24, 2.45) is 0 Å². The van der Waals surface area contributed by atoms with E-state index in [0.29, 0.717) is 12.0 Å². The number of carbonyl (C=O) groups excluding carboxylic acids is 1. The Balaban J connectivity index is 1.90. The van der Waals surface area contributed by atoms with Gasteiger partial charge < -0.3 is 15.2 Å². The van der Waals surface area contributed by atoms with Crippen LogP contribution in [0.3, 0.4) is 0 Å². The quantitative estimate of drug-likeness (QED) is 0.718. The lowest BCUT2D eigenvalue weighted by molar-refractivity contribution is 0.113. The van der Waals surface area contributed by atoms with E-state index in [1.165, 1.54) is 0 Å². The zero-order chi connectivity index (χ0) is 18.1. The highest BCUT2D eigenvalue weighted by Gasteiger charge is 2.22. The molecule has 4 heteroatoms. The summed E-state index contributed by atoms with van der Waals surface area (Å²) >= 11 is 0. The molecule has 1 unspecified atom stereocenters. The minimum atomic E-state index is -0.812. The van der Waals surface area contributed by atoms with Crippen molar-refractivity contribution >= 4 is 6.09 Å². The summed E-state index contributed by atoms with van der Waals surface area (Å²) in [4.78, 5) is 12.1. The molecule has 25 heavy (non-hydrogen) atoms. The third kappa shape index (κ3) is 6.43. The van der Waals surface area contributed by atoms with Crippen molar-refractivity contribution in [3.63, 3.8) is 0 Å². The third-order valence-corrected chi connectivity index (χ3v) is 3.99. The van der Waals surface area contributed by atoms with Crippen LogP contribution in [0.25, 0.3) is 0 Å². The van der Waals surface area contributed by atoms with Gasteiger partial charge in [0.2, 0.25) is 0 Å². The maximum absolute atomic E-state index is 12.1. The average Bonchev–Trinajstić information content (AvgIpc) is 2.64. The molecule has 2 rings (SSSR count). The maximum Gasteiger partial charge on any atom is 0.407 e. The number of ether oxygens (including phenoxy) is 1. The maximum atomic E-state index is 12.1. The van der Waals surface area contributed by atoms with Crippen LogP contribution < -0.4 is 5.32 Å². The van der Waals surface area contributed by atoms with Crippen LogP contribution >= 0.6 is 0 Å². The van der Waals surface area contributed by atoms with E-state index >= 15 is 0 Å². The Labute approximate surface area is 149 Å². The molecule has 2 N–H and O–H groups in total. The second kappa shape index (κ2) is 9.64. The van der Waals surface area contributed by atoms with Crippen LogP contribution in [0.4, 0.5) is 4.79 Å². The number of rotatable bonds is 8. The minimum Gasteiger partial charge on any atom is -0.445 e. The molecule has 0 radical (unpaired) electrons. The van der Waals surface area contributed by atoms with E-state index in [2.05, 4.69) is 11.9 Å². The molecule has 2 aromatic rings. The van der Waals surface area contributed by atoms with Crippen molar-refractivity contribution in [1.29, 1.82) is 0 Å². The summed E-state index contributed by atoms with van der Waals surface area (Å²) in [7, 11) is 0. The largest absolute Gasteiger partial charge is 0.445 e. The molecule has 2 aromatic carbocycles. The number of hydrogen-bond acceptors (Lipinski definition) is 3. The first-order valence-electron chi connectivity index (χ1n) is 8.41. The Morgan fingerprint density at radius 2 is 1.64 bits per heavy atom. The fourth-order valence-corrected chi connectivity index (χ4v) is 2.54. The molecule has 0 saturated heterocycles. The molecule has 0 bridgehead atoms. The number of benzene rings is 2. The molecule has 0 saturated carbocycles. The first-order valence-corrected chi connectivity index (χ1v) is 8.41. The van der Waals surface area contributed by atoms with Gasteiger partial charge >= 0.3 is 6.09 Å². The van der Waals surface area contributed by atoms with Gasteiger partial charge in [-0.05, 0) is 30.9 Å². The lowest BCUT2D eigenvalue weighted by Gasteiger charge is -2.24. The first kappa shape index (κ1) is 18.7. The van der Waals surface area contributed by atoms with Gasteiger partial charge in [0.1, 0.15) is 6.61 Å². The Bertz CT molecular complexity index is 670. The van der Waals surface area contributed by atoms with Gasteiger partial charge in [0, 0.05) is 0 Å². The second-order valence-electron chi connectivity index (χ2n) is 6.13. The van der Waals surface area contributed by atoms with E-state index in [1.54, 1.807) is 6.92 Å². The fourth-order valence-electron chi connectivity index (χ4n) is 2.54. The molecular weight excluding hydrogens is 314 g/mol. The average molecular weight is 339 g/mol. The van der Waals surface area contributed by atoms with E-state index in [4.69, 9.17) is 4.74 Å². The number of hydrogen-bond donors (Lipinski definition) is 2. The predicted octanol–water partition coefficient (Wildman–Crippen LogP) is 3.85. The smallest absolute Gasteiger partial charge is 0.407 e. The van der Waals surface area contributed by atoms with Crippen molar-refractivity contribution in [3.05, 3.63) is 83.9 Å². The van der Waals surface area contributed by atoms with Crippen LogP contribution in [-0.2, 0) is 17.8 Å². The molecule has 2 atom stereocenters. The van der Waals surface area contributed by atoms with Gasteiger partial charge in [-0.15, -0.1) is 0 Å². The van der Waals surface area contributed by atoms with Gasteiger partial charge in [0.05, 0.1) is 12.1 Å². The van der Waals surface area contributed by atoms with Crippen LogP contribution in [0.1, 0.15) is 24.5 Å². The molecule has 0 heterocycles. The Morgan fingerprint density at radius 1 is 1.08 bits per heavy atom. The molecule has 0 aromatic heterocycles. The second-order valence-corrected chi connectivity index (χ2v) is 6.13. The first-order chi connectivity index (χ1) is 12.1. The van der Waals surface area contributed by atoms with Gasteiger partial charge in [-0.2, -0.15) is 0 Å². The highest BCUT2D eigenvalue weighted by molar-refractivity contribution is 5.67. The molecule has 1 amide bonds. The zero-order valence-electron chi connectivity index (χ0n) is 14.5. The topological polar surface area (TPSA) is 58.6 Å². The molecule has 4 nitrogen and oxygen atoms in total. The summed E-state index contributed by atoms with van der Waals surface area (Å²) in [6.45, 7) is 5.73. The number of carbonyl (C=O) groups is 1. The summed E-state index contributed by atoms with van der Waals surface area (Å²) in [5, 5.41) is 13.1. The van der Waals surface area contributed by atoms with E-state index < -0.39 is 18.2 Å². The molecule has 0 aliphatic heterocycles. The Hall–Kier alpha value is -2.59. The molecule has 132 valence electrons. The summed E-state index contributed by atoms with van der Waals surface area (Å²) < 4.78 is 5.25. The van der Waals surface area contributed by atoms with Crippen LogP contribution in [0.2, 0.25) is 0 Å². The molecular formula is C21H25NO3. The summed E-state index contributed by atoms with van der Waals surface area (Å²) in [5.74, 6) is 0. The molecule has 0 spiro atoms. The Morgan fingerprint density at radius 3 is 2.20 bits per heavy atom. The number of aliphatic hydroxyl groups excluding tert-OH is 1. The standard InChI is InChI=1S/C21H25NO3/c1-16(2)20(23)19(14-13-17-9-5-3-6-10-17)22-21(24)25-15-18-11-7-4-8-12-18/h3-12,19-20,23H,1,13-15H2,2H3,(H,22,24)/t19?,20-/m1/s1.